The van der Waals surface area contributed by atoms with Gasteiger partial charge in [0.05, 0.1) is 26.1 Å². The zero-order valence-electron chi connectivity index (χ0n) is 14.7. The fraction of sp³-hybridized carbons (Fsp3) is 0.222. The molecule has 0 aliphatic rings. The molecule has 3 rings (SSSR count). The van der Waals surface area contributed by atoms with Crippen molar-refractivity contribution < 1.29 is 12.6 Å². The van der Waals surface area contributed by atoms with Gasteiger partial charge in [0.25, 0.3) is 10.0 Å². The predicted molar refractivity (Wildman–Crippen MR) is 114 cm³/mol. The fourth-order valence-electron chi connectivity index (χ4n) is 2.64. The summed E-state index contributed by atoms with van der Waals surface area (Å²) in [7, 11) is -1.40. The molecule has 2 aromatic carbocycles. The summed E-state index contributed by atoms with van der Waals surface area (Å²) in [6.45, 7) is 0.633. The quantitative estimate of drug-likeness (QED) is 0.526. The highest BCUT2D eigenvalue weighted by molar-refractivity contribution is 9.10. The van der Waals surface area contributed by atoms with Gasteiger partial charge in [-0.2, -0.15) is 0 Å². The molecule has 1 atom stereocenters. The third-order valence-electron chi connectivity index (χ3n) is 4.02. The van der Waals surface area contributed by atoms with E-state index in [9.17, 15) is 12.6 Å². The van der Waals surface area contributed by atoms with Crippen LogP contribution in [0, 0.1) is 0 Å². The second kappa shape index (κ2) is 8.05. The number of hydrogen-bond acceptors (Lipinski definition) is 4. The van der Waals surface area contributed by atoms with E-state index in [2.05, 4.69) is 15.9 Å². The number of halogens is 2. The van der Waals surface area contributed by atoms with Crippen molar-refractivity contribution in [2.75, 3.05) is 26.4 Å². The lowest BCUT2D eigenvalue weighted by molar-refractivity contribution is 0.435. The third-order valence-corrected chi connectivity index (χ3v) is 7.79. The van der Waals surface area contributed by atoms with E-state index in [0.29, 0.717) is 33.1 Å². The van der Waals surface area contributed by atoms with Gasteiger partial charge < -0.3 is 4.90 Å². The summed E-state index contributed by atoms with van der Waals surface area (Å²) >= 11 is 9.38. The van der Waals surface area contributed by atoms with Crippen molar-refractivity contribution in [1.82, 2.24) is 8.87 Å². The molecular formula is C18H18BrClN2O3S2. The minimum Gasteiger partial charge on any atom is -0.308 e. The molecule has 27 heavy (non-hydrogen) atoms. The van der Waals surface area contributed by atoms with E-state index in [0.717, 1.165) is 4.47 Å². The Morgan fingerprint density at radius 2 is 1.93 bits per heavy atom. The van der Waals surface area contributed by atoms with Gasteiger partial charge in [-0.25, -0.2) is 12.4 Å². The summed E-state index contributed by atoms with van der Waals surface area (Å²) in [5.74, 6) is 0.413. The Labute approximate surface area is 174 Å². The average molecular weight is 490 g/mol. The summed E-state index contributed by atoms with van der Waals surface area (Å²) in [4.78, 5) is 2.52. The van der Waals surface area contributed by atoms with E-state index < -0.39 is 20.8 Å². The molecule has 9 heteroatoms. The number of nitrogens with zero attached hydrogens (tertiary/aromatic N) is 2. The van der Waals surface area contributed by atoms with Crippen LogP contribution in [-0.2, 0) is 20.8 Å². The molecule has 0 aliphatic heterocycles. The molecule has 0 fully saturated rings. The SMILES string of the molecule is CN(C)CCS(=O)c1cn(S(=O)(=O)c2cccc(Cl)c2)c2ccc(Br)cc12. The molecule has 5 nitrogen and oxygen atoms in total. The summed E-state index contributed by atoms with van der Waals surface area (Å²) in [5.41, 5.74) is 0.478. The largest absolute Gasteiger partial charge is 0.308 e. The maximum Gasteiger partial charge on any atom is 0.268 e. The van der Waals surface area contributed by atoms with Crippen LogP contribution in [0.15, 0.2) is 62.9 Å². The van der Waals surface area contributed by atoms with E-state index >= 15 is 0 Å². The first-order valence-corrected chi connectivity index (χ1v) is 12.0. The lowest BCUT2D eigenvalue weighted by Gasteiger charge is -2.08. The van der Waals surface area contributed by atoms with Crippen LogP contribution in [0.25, 0.3) is 10.9 Å². The van der Waals surface area contributed by atoms with Crippen molar-refractivity contribution >= 4 is 59.3 Å². The van der Waals surface area contributed by atoms with Crippen molar-refractivity contribution in [3.05, 3.63) is 58.2 Å². The van der Waals surface area contributed by atoms with Gasteiger partial charge in [-0.05, 0) is 50.5 Å². The lowest BCUT2D eigenvalue weighted by atomic mass is 10.2. The van der Waals surface area contributed by atoms with Gasteiger partial charge in [0.15, 0.2) is 0 Å². The van der Waals surface area contributed by atoms with Crippen LogP contribution in [0.3, 0.4) is 0 Å². The Balaban J connectivity index is 2.18. The lowest BCUT2D eigenvalue weighted by Crippen LogP contribution is -2.19. The van der Waals surface area contributed by atoms with Crippen LogP contribution in [0.2, 0.25) is 5.02 Å². The molecule has 144 valence electrons. The van der Waals surface area contributed by atoms with Gasteiger partial charge in [-0.1, -0.05) is 33.6 Å². The Morgan fingerprint density at radius 1 is 1.19 bits per heavy atom. The first-order chi connectivity index (χ1) is 12.7. The van der Waals surface area contributed by atoms with Crippen LogP contribution in [0.5, 0.6) is 0 Å². The highest BCUT2D eigenvalue weighted by atomic mass is 79.9. The van der Waals surface area contributed by atoms with Crippen LogP contribution >= 0.6 is 27.5 Å². The first-order valence-electron chi connectivity index (χ1n) is 8.05. The van der Waals surface area contributed by atoms with E-state index in [1.54, 1.807) is 30.3 Å². The average Bonchev–Trinajstić information content (AvgIpc) is 2.99. The zero-order chi connectivity index (χ0) is 19.8. The molecule has 0 spiro atoms. The predicted octanol–water partition coefficient (Wildman–Crippen LogP) is 3.96. The highest BCUT2D eigenvalue weighted by Crippen LogP contribution is 2.31. The number of fused-ring (bicyclic) bond motifs is 1. The fourth-order valence-corrected chi connectivity index (χ4v) is 6.12. The zero-order valence-corrected chi connectivity index (χ0v) is 18.7. The summed E-state index contributed by atoms with van der Waals surface area (Å²) in [6.07, 6.45) is 1.46. The Morgan fingerprint density at radius 3 is 2.59 bits per heavy atom. The van der Waals surface area contributed by atoms with Gasteiger partial charge in [0.2, 0.25) is 0 Å². The van der Waals surface area contributed by atoms with Crippen LogP contribution in [0.1, 0.15) is 0 Å². The second-order valence-electron chi connectivity index (χ2n) is 6.27. The summed E-state index contributed by atoms with van der Waals surface area (Å²) in [5, 5.41) is 0.983. The Kier molecular flexibility index (Phi) is 6.12. The van der Waals surface area contributed by atoms with Crippen LogP contribution in [-0.4, -0.2) is 47.9 Å². The monoisotopic (exact) mass is 488 g/mol. The van der Waals surface area contributed by atoms with E-state index in [-0.39, 0.29) is 4.90 Å². The van der Waals surface area contributed by atoms with E-state index in [4.69, 9.17) is 11.6 Å². The molecule has 0 amide bonds. The molecule has 0 saturated carbocycles. The minimum absolute atomic E-state index is 0.0837. The number of rotatable bonds is 6. The molecule has 0 aliphatic carbocycles. The van der Waals surface area contributed by atoms with Crippen molar-refractivity contribution in [3.63, 3.8) is 0 Å². The number of hydrogen-bond donors (Lipinski definition) is 0. The molecule has 3 aromatic rings. The topological polar surface area (TPSA) is 59.4 Å². The summed E-state index contributed by atoms with van der Waals surface area (Å²) in [6, 6.07) is 11.4. The maximum atomic E-state index is 13.2. The van der Waals surface area contributed by atoms with Gasteiger partial charge in [0, 0.05) is 33.4 Å². The molecule has 0 radical (unpaired) electrons. The molecule has 1 aromatic heterocycles. The van der Waals surface area contributed by atoms with Crippen molar-refractivity contribution in [3.8, 4) is 0 Å². The van der Waals surface area contributed by atoms with E-state index in [1.807, 2.05) is 19.0 Å². The second-order valence-corrected chi connectivity index (χ2v) is 11.0. The Bertz CT molecular complexity index is 1130. The molecule has 1 unspecified atom stereocenters. The normalized spacial score (nSPS) is 13.4. The standard InChI is InChI=1S/C18H18BrClN2O3S2/c1-21(2)8-9-26(23)18-12-22(17-7-6-13(19)10-16(17)18)27(24,25)15-5-3-4-14(20)11-15/h3-7,10-12H,8-9H2,1-2H3. The Hall–Kier alpha value is -1.19. The van der Waals surface area contributed by atoms with Crippen molar-refractivity contribution in [2.24, 2.45) is 0 Å². The van der Waals surface area contributed by atoms with Crippen molar-refractivity contribution in [2.45, 2.75) is 9.79 Å². The van der Waals surface area contributed by atoms with Crippen LogP contribution in [0.4, 0.5) is 0 Å². The molecule has 0 bridgehead atoms. The van der Waals surface area contributed by atoms with Gasteiger partial charge >= 0.3 is 0 Å². The van der Waals surface area contributed by atoms with Crippen molar-refractivity contribution in [1.29, 1.82) is 0 Å². The van der Waals surface area contributed by atoms with Gasteiger partial charge in [0.1, 0.15) is 0 Å². The number of aromatic nitrogens is 1. The van der Waals surface area contributed by atoms with E-state index in [1.165, 1.54) is 22.3 Å². The molecule has 0 N–H and O–H groups in total. The van der Waals surface area contributed by atoms with Gasteiger partial charge in [-0.15, -0.1) is 0 Å². The molecule has 1 heterocycles. The highest BCUT2D eigenvalue weighted by Gasteiger charge is 2.23. The molecular weight excluding hydrogens is 472 g/mol. The summed E-state index contributed by atoms with van der Waals surface area (Å²) < 4.78 is 41.2. The van der Waals surface area contributed by atoms with Gasteiger partial charge in [-0.3, -0.25) is 4.21 Å². The van der Waals surface area contributed by atoms with Crippen LogP contribution < -0.4 is 0 Å². The third kappa shape index (κ3) is 4.30. The minimum atomic E-state index is -3.87. The smallest absolute Gasteiger partial charge is 0.268 e. The molecule has 0 saturated heterocycles. The first kappa shape index (κ1) is 20.5. The number of benzene rings is 2. The maximum absolute atomic E-state index is 13.2.